The van der Waals surface area contributed by atoms with Gasteiger partial charge < -0.3 is 15.4 Å². The summed E-state index contributed by atoms with van der Waals surface area (Å²) in [5, 5.41) is 0. The Morgan fingerprint density at radius 2 is 1.81 bits per heavy atom. The molecule has 1 aliphatic carbocycles. The monoisotopic (exact) mass is 314 g/mol. The normalized spacial score (nSPS) is 20.6. The van der Waals surface area contributed by atoms with E-state index in [0.29, 0.717) is 18.8 Å². The summed E-state index contributed by atoms with van der Waals surface area (Å²) in [6.07, 6.45) is 3.27. The SMILES string of the molecule is Cl.NC1(C(=O)N2CCC(Oc3ccc(F)cc3)CC2)CC1. The second kappa shape index (κ2) is 6.20. The Balaban J connectivity index is 0.00000161. The number of nitrogens with zero attached hydrogens (tertiary/aromatic N) is 1. The fourth-order valence-corrected chi connectivity index (χ4v) is 2.55. The molecule has 116 valence electrons. The van der Waals surface area contributed by atoms with Gasteiger partial charge in [-0.3, -0.25) is 4.79 Å². The van der Waals surface area contributed by atoms with Crippen molar-refractivity contribution in [3.8, 4) is 5.75 Å². The average Bonchev–Trinajstić information content (AvgIpc) is 3.21. The number of ether oxygens (including phenoxy) is 1. The van der Waals surface area contributed by atoms with Crippen LogP contribution in [0.25, 0.3) is 0 Å². The van der Waals surface area contributed by atoms with E-state index in [-0.39, 0.29) is 30.2 Å². The maximum Gasteiger partial charge on any atom is 0.242 e. The van der Waals surface area contributed by atoms with Crippen molar-refractivity contribution in [3.63, 3.8) is 0 Å². The first-order chi connectivity index (χ1) is 9.57. The maximum atomic E-state index is 12.8. The molecule has 1 amide bonds. The minimum atomic E-state index is -0.579. The van der Waals surface area contributed by atoms with Crippen LogP contribution in [0, 0.1) is 5.82 Å². The lowest BCUT2D eigenvalue weighted by molar-refractivity contribution is -0.135. The van der Waals surface area contributed by atoms with Crippen LogP contribution in [-0.2, 0) is 4.79 Å². The van der Waals surface area contributed by atoms with Gasteiger partial charge in [0.05, 0.1) is 5.54 Å². The number of nitrogens with two attached hydrogens (primary N) is 1. The molecule has 0 aromatic heterocycles. The second-order valence-electron chi connectivity index (χ2n) is 5.72. The van der Waals surface area contributed by atoms with Gasteiger partial charge in [0.2, 0.25) is 5.91 Å². The molecule has 0 bridgehead atoms. The minimum Gasteiger partial charge on any atom is -0.490 e. The van der Waals surface area contributed by atoms with E-state index in [9.17, 15) is 9.18 Å². The molecule has 0 spiro atoms. The summed E-state index contributed by atoms with van der Waals surface area (Å²) in [6, 6.07) is 6.04. The van der Waals surface area contributed by atoms with Crippen molar-refractivity contribution in [1.82, 2.24) is 4.90 Å². The van der Waals surface area contributed by atoms with Crippen LogP contribution in [0.2, 0.25) is 0 Å². The predicted molar refractivity (Wildman–Crippen MR) is 80.0 cm³/mol. The van der Waals surface area contributed by atoms with Gasteiger partial charge in [0, 0.05) is 25.9 Å². The van der Waals surface area contributed by atoms with Crippen molar-refractivity contribution in [2.75, 3.05) is 13.1 Å². The Labute approximate surface area is 129 Å². The van der Waals surface area contributed by atoms with Gasteiger partial charge in [-0.1, -0.05) is 0 Å². The van der Waals surface area contributed by atoms with Crippen LogP contribution < -0.4 is 10.5 Å². The number of piperidine rings is 1. The molecule has 6 heteroatoms. The molecule has 1 saturated carbocycles. The number of hydrogen-bond donors (Lipinski definition) is 1. The highest BCUT2D eigenvalue weighted by Crippen LogP contribution is 2.35. The Morgan fingerprint density at radius 1 is 1.24 bits per heavy atom. The van der Waals surface area contributed by atoms with Gasteiger partial charge in [-0.15, -0.1) is 12.4 Å². The smallest absolute Gasteiger partial charge is 0.242 e. The Morgan fingerprint density at radius 3 is 2.33 bits per heavy atom. The van der Waals surface area contributed by atoms with Crippen molar-refractivity contribution in [2.24, 2.45) is 5.73 Å². The first kappa shape index (κ1) is 16.0. The lowest BCUT2D eigenvalue weighted by Crippen LogP contribution is -2.50. The van der Waals surface area contributed by atoms with Crippen LogP contribution in [0.5, 0.6) is 5.75 Å². The van der Waals surface area contributed by atoms with Crippen LogP contribution in [-0.4, -0.2) is 35.5 Å². The number of amides is 1. The molecule has 1 saturated heterocycles. The zero-order chi connectivity index (χ0) is 14.2. The lowest BCUT2D eigenvalue weighted by atomic mass is 10.1. The Hall–Kier alpha value is -1.33. The lowest BCUT2D eigenvalue weighted by Gasteiger charge is -2.33. The number of hydrogen-bond acceptors (Lipinski definition) is 3. The van der Waals surface area contributed by atoms with E-state index in [1.807, 2.05) is 4.90 Å². The standard InChI is InChI=1S/C15H19FN2O2.ClH/c16-11-1-3-12(4-2-11)20-13-5-9-18(10-6-13)14(19)15(17)7-8-15;/h1-4,13H,5-10,17H2;1H. The molecule has 1 aromatic carbocycles. The molecule has 2 aliphatic rings. The molecule has 1 heterocycles. The summed E-state index contributed by atoms with van der Waals surface area (Å²) in [6.45, 7) is 1.37. The van der Waals surface area contributed by atoms with Gasteiger partial charge in [0.15, 0.2) is 0 Å². The molecule has 2 N–H and O–H groups in total. The Kier molecular flexibility index (Phi) is 4.74. The molecule has 0 radical (unpaired) electrons. The number of benzene rings is 1. The topological polar surface area (TPSA) is 55.6 Å². The number of likely N-dealkylation sites (tertiary alicyclic amines) is 1. The van der Waals surface area contributed by atoms with Crippen molar-refractivity contribution < 1.29 is 13.9 Å². The first-order valence-corrected chi connectivity index (χ1v) is 7.07. The summed E-state index contributed by atoms with van der Waals surface area (Å²) < 4.78 is 18.6. The molecule has 0 atom stereocenters. The Bertz CT molecular complexity index is 497. The van der Waals surface area contributed by atoms with Crippen molar-refractivity contribution in [2.45, 2.75) is 37.3 Å². The number of halogens is 2. The largest absolute Gasteiger partial charge is 0.490 e. The third-order valence-electron chi connectivity index (χ3n) is 4.06. The summed E-state index contributed by atoms with van der Waals surface area (Å²) in [7, 11) is 0. The summed E-state index contributed by atoms with van der Waals surface area (Å²) in [5.74, 6) is 0.488. The van der Waals surface area contributed by atoms with E-state index >= 15 is 0 Å². The summed E-state index contributed by atoms with van der Waals surface area (Å²) in [4.78, 5) is 13.9. The zero-order valence-corrected chi connectivity index (χ0v) is 12.6. The molecule has 3 rings (SSSR count). The van der Waals surface area contributed by atoms with Crippen LogP contribution >= 0.6 is 12.4 Å². The highest BCUT2D eigenvalue weighted by Gasteiger charge is 2.48. The van der Waals surface area contributed by atoms with Crippen LogP contribution in [0.4, 0.5) is 4.39 Å². The second-order valence-corrected chi connectivity index (χ2v) is 5.72. The highest BCUT2D eigenvalue weighted by molar-refractivity contribution is 5.89. The molecule has 21 heavy (non-hydrogen) atoms. The highest BCUT2D eigenvalue weighted by atomic mass is 35.5. The zero-order valence-electron chi connectivity index (χ0n) is 11.8. The molecule has 1 aliphatic heterocycles. The number of carbonyl (C=O) groups excluding carboxylic acids is 1. The third kappa shape index (κ3) is 3.66. The van der Waals surface area contributed by atoms with Gasteiger partial charge in [-0.05, 0) is 37.1 Å². The van der Waals surface area contributed by atoms with E-state index in [1.165, 1.54) is 12.1 Å². The predicted octanol–water partition coefficient (Wildman–Crippen LogP) is 2.11. The van der Waals surface area contributed by atoms with Crippen molar-refractivity contribution >= 4 is 18.3 Å². The van der Waals surface area contributed by atoms with E-state index < -0.39 is 5.54 Å². The molecular weight excluding hydrogens is 295 g/mol. The van der Waals surface area contributed by atoms with Crippen LogP contribution in [0.3, 0.4) is 0 Å². The fourth-order valence-electron chi connectivity index (χ4n) is 2.55. The van der Waals surface area contributed by atoms with Gasteiger partial charge in [-0.2, -0.15) is 0 Å². The molecule has 1 aromatic rings. The molecule has 2 fully saturated rings. The molecular formula is C15H20ClFN2O2. The quantitative estimate of drug-likeness (QED) is 0.929. The van der Waals surface area contributed by atoms with Gasteiger partial charge in [0.1, 0.15) is 17.7 Å². The van der Waals surface area contributed by atoms with Gasteiger partial charge in [-0.25, -0.2) is 4.39 Å². The fraction of sp³-hybridized carbons (Fsp3) is 0.533. The van der Waals surface area contributed by atoms with E-state index in [0.717, 1.165) is 25.7 Å². The van der Waals surface area contributed by atoms with Crippen molar-refractivity contribution in [1.29, 1.82) is 0 Å². The molecule has 4 nitrogen and oxygen atoms in total. The van der Waals surface area contributed by atoms with E-state index in [2.05, 4.69) is 0 Å². The van der Waals surface area contributed by atoms with E-state index in [1.54, 1.807) is 12.1 Å². The van der Waals surface area contributed by atoms with Crippen LogP contribution in [0.1, 0.15) is 25.7 Å². The molecule has 0 unspecified atom stereocenters. The summed E-state index contributed by atoms with van der Waals surface area (Å²) in [5.41, 5.74) is 5.36. The minimum absolute atomic E-state index is 0. The average molecular weight is 315 g/mol. The maximum absolute atomic E-state index is 12.8. The van der Waals surface area contributed by atoms with Gasteiger partial charge in [0.25, 0.3) is 0 Å². The van der Waals surface area contributed by atoms with E-state index in [4.69, 9.17) is 10.5 Å². The first-order valence-electron chi connectivity index (χ1n) is 7.07. The third-order valence-corrected chi connectivity index (χ3v) is 4.06. The van der Waals surface area contributed by atoms with Gasteiger partial charge >= 0.3 is 0 Å². The summed E-state index contributed by atoms with van der Waals surface area (Å²) >= 11 is 0. The van der Waals surface area contributed by atoms with Crippen LogP contribution in [0.15, 0.2) is 24.3 Å². The number of carbonyl (C=O) groups is 1. The number of rotatable bonds is 3. The van der Waals surface area contributed by atoms with Crippen molar-refractivity contribution in [3.05, 3.63) is 30.1 Å².